The van der Waals surface area contributed by atoms with Gasteiger partial charge in [-0.05, 0) is 103 Å². The maximum absolute atomic E-state index is 13.0. The molecule has 0 spiro atoms. The van der Waals surface area contributed by atoms with Gasteiger partial charge >= 0.3 is 0 Å². The highest BCUT2D eigenvalue weighted by molar-refractivity contribution is 5.76. The molecule has 71 heavy (non-hydrogen) atoms. The average Bonchev–Trinajstić information content (AvgIpc) is 3.37. The maximum atomic E-state index is 13.0. The first-order valence-electron chi connectivity index (χ1n) is 28.3. The van der Waals surface area contributed by atoms with Gasteiger partial charge in [-0.15, -0.1) is 0 Å². The predicted molar refractivity (Wildman–Crippen MR) is 299 cm³/mol. The molecule has 0 radical (unpaired) electrons. The Bertz CT molecular complexity index is 1520. The molecule has 7 unspecified atom stereocenters. The fourth-order valence-corrected chi connectivity index (χ4v) is 8.05. The van der Waals surface area contributed by atoms with Gasteiger partial charge in [0.2, 0.25) is 5.91 Å². The van der Waals surface area contributed by atoms with Crippen LogP contribution in [0.3, 0.4) is 0 Å². The molecule has 1 aliphatic rings. The Kier molecular flexibility index (Phi) is 46.3. The van der Waals surface area contributed by atoms with Gasteiger partial charge in [0.25, 0.3) is 0 Å². The predicted octanol–water partition coefficient (Wildman–Crippen LogP) is 14.0. The van der Waals surface area contributed by atoms with Crippen LogP contribution in [-0.2, 0) is 14.3 Å². The number of hydrogen-bond acceptors (Lipinski definition) is 8. The van der Waals surface area contributed by atoms with Crippen LogP contribution in [-0.4, -0.2) is 87.5 Å². The monoisotopic (exact) mass is 990 g/mol. The number of unbranched alkanes of at least 4 members (excludes halogenated alkanes) is 18. The molecule has 9 heteroatoms. The van der Waals surface area contributed by atoms with Gasteiger partial charge in [-0.25, -0.2) is 0 Å². The van der Waals surface area contributed by atoms with Crippen LogP contribution in [0.5, 0.6) is 0 Å². The molecule has 9 nitrogen and oxygen atoms in total. The van der Waals surface area contributed by atoms with Gasteiger partial charge in [-0.1, -0.05) is 219 Å². The van der Waals surface area contributed by atoms with Crippen molar-refractivity contribution in [3.8, 4) is 0 Å². The minimum Gasteiger partial charge on any atom is -0.394 e. The molecule has 0 bridgehead atoms. The summed E-state index contributed by atoms with van der Waals surface area (Å²) in [7, 11) is 0. The first-order valence-corrected chi connectivity index (χ1v) is 28.3. The molecule has 0 aromatic heterocycles. The molecular formula is C62H103NO8. The molecule has 1 fully saturated rings. The minimum atomic E-state index is -1.58. The molecular weight excluding hydrogens is 887 g/mol. The van der Waals surface area contributed by atoms with E-state index in [0.717, 1.165) is 109 Å². The number of rotatable bonds is 46. The number of ether oxygens (including phenoxy) is 2. The Morgan fingerprint density at radius 1 is 0.493 bits per heavy atom. The summed E-state index contributed by atoms with van der Waals surface area (Å²) in [6, 6.07) is -0.837. The van der Waals surface area contributed by atoms with Gasteiger partial charge in [0.15, 0.2) is 6.29 Å². The Hall–Kier alpha value is -3.41. The lowest BCUT2D eigenvalue weighted by molar-refractivity contribution is -0.302. The molecule has 1 heterocycles. The summed E-state index contributed by atoms with van der Waals surface area (Å²) in [5.74, 6) is -0.200. The van der Waals surface area contributed by atoms with E-state index in [1.165, 1.54) is 77.0 Å². The van der Waals surface area contributed by atoms with E-state index in [1.54, 1.807) is 6.08 Å². The van der Waals surface area contributed by atoms with E-state index in [-0.39, 0.29) is 12.5 Å². The minimum absolute atomic E-state index is 0.200. The number of carbonyl (C=O) groups is 1. The van der Waals surface area contributed by atoms with Crippen molar-refractivity contribution >= 4 is 5.91 Å². The number of nitrogens with one attached hydrogen (secondary N) is 1. The molecule has 0 aromatic rings. The Morgan fingerprint density at radius 2 is 0.887 bits per heavy atom. The summed E-state index contributed by atoms with van der Waals surface area (Å²) >= 11 is 0. The van der Waals surface area contributed by atoms with Crippen LogP contribution in [0.15, 0.2) is 122 Å². The highest BCUT2D eigenvalue weighted by Crippen LogP contribution is 2.22. The molecule has 0 aromatic carbocycles. The molecule has 7 atom stereocenters. The Morgan fingerprint density at radius 3 is 1.35 bits per heavy atom. The van der Waals surface area contributed by atoms with E-state index in [0.29, 0.717) is 6.42 Å². The van der Waals surface area contributed by atoms with Crippen molar-refractivity contribution < 1.29 is 39.8 Å². The molecule has 6 N–H and O–H groups in total. The topological polar surface area (TPSA) is 149 Å². The quantitative estimate of drug-likeness (QED) is 0.0261. The van der Waals surface area contributed by atoms with Gasteiger partial charge < -0.3 is 40.3 Å². The fourth-order valence-electron chi connectivity index (χ4n) is 8.05. The van der Waals surface area contributed by atoms with Crippen LogP contribution in [0, 0.1) is 0 Å². The largest absolute Gasteiger partial charge is 0.394 e. The fraction of sp³-hybridized carbons (Fsp3) is 0.661. The molecule has 1 rings (SSSR count). The number of aliphatic hydroxyl groups is 5. The first-order chi connectivity index (χ1) is 34.8. The van der Waals surface area contributed by atoms with Crippen molar-refractivity contribution in [3.05, 3.63) is 122 Å². The summed E-state index contributed by atoms with van der Waals surface area (Å²) in [5.41, 5.74) is 0. The van der Waals surface area contributed by atoms with Crippen molar-refractivity contribution in [3.63, 3.8) is 0 Å². The normalized spacial score (nSPS) is 20.2. The van der Waals surface area contributed by atoms with Crippen LogP contribution in [0.1, 0.15) is 206 Å². The van der Waals surface area contributed by atoms with Crippen LogP contribution in [0.2, 0.25) is 0 Å². The number of hydrogen-bond donors (Lipinski definition) is 6. The van der Waals surface area contributed by atoms with E-state index >= 15 is 0 Å². The number of allylic oxidation sites excluding steroid dienone is 19. The Labute approximate surface area is 433 Å². The van der Waals surface area contributed by atoms with Crippen molar-refractivity contribution in [2.45, 2.75) is 249 Å². The highest BCUT2D eigenvalue weighted by atomic mass is 16.7. The lowest BCUT2D eigenvalue weighted by Gasteiger charge is -2.40. The lowest BCUT2D eigenvalue weighted by Crippen LogP contribution is -2.60. The van der Waals surface area contributed by atoms with Crippen LogP contribution in [0.25, 0.3) is 0 Å². The second kappa shape index (κ2) is 50.1. The standard InChI is InChI=1S/C62H103NO8/c1-3-5-7-9-11-13-15-17-19-20-21-22-23-24-25-26-27-28-29-30-31-32-33-34-35-36-38-40-42-44-46-48-50-52-58(66)63-55(54-70-62-61(69)60(68)59(67)57(53-64)71-62)56(65)51-49-47-45-43-41-39-37-18-16-14-12-10-8-6-4-2/h5,7,11,13,16-19,21-22,24-25,27-28,30-31,41,43,49,51,55-57,59-62,64-65,67-69H,3-4,6,8-10,12,14-15,20,23,26,29,32-40,42,44-48,50,52-54H2,1-2H3,(H,63,66)/b7-5-,13-11-,18-16+,19-17-,22-21-,25-24-,28-27-,31-30-,43-41+,51-49+. The zero-order valence-corrected chi connectivity index (χ0v) is 44.7. The molecule has 1 amide bonds. The van der Waals surface area contributed by atoms with Gasteiger partial charge in [0.1, 0.15) is 24.4 Å². The maximum Gasteiger partial charge on any atom is 0.220 e. The van der Waals surface area contributed by atoms with Crippen LogP contribution < -0.4 is 5.32 Å². The van der Waals surface area contributed by atoms with Gasteiger partial charge in [0, 0.05) is 6.42 Å². The van der Waals surface area contributed by atoms with Crippen LogP contribution >= 0.6 is 0 Å². The first kappa shape index (κ1) is 65.6. The van der Waals surface area contributed by atoms with E-state index in [1.807, 2.05) is 6.08 Å². The molecule has 404 valence electrons. The van der Waals surface area contributed by atoms with Crippen molar-refractivity contribution in [1.82, 2.24) is 5.32 Å². The van der Waals surface area contributed by atoms with E-state index in [9.17, 15) is 30.3 Å². The third-order valence-electron chi connectivity index (χ3n) is 12.5. The van der Waals surface area contributed by atoms with Gasteiger partial charge in [0.05, 0.1) is 25.4 Å². The van der Waals surface area contributed by atoms with Crippen molar-refractivity contribution in [2.24, 2.45) is 0 Å². The number of carbonyl (C=O) groups excluding carboxylic acids is 1. The second-order valence-corrected chi connectivity index (χ2v) is 19.0. The third-order valence-corrected chi connectivity index (χ3v) is 12.5. The van der Waals surface area contributed by atoms with Gasteiger partial charge in [-0.2, -0.15) is 0 Å². The molecule has 1 saturated heterocycles. The van der Waals surface area contributed by atoms with Gasteiger partial charge in [-0.3, -0.25) is 4.79 Å². The SMILES string of the molecule is CC/C=C\C/C=C\C/C=C\C/C=C\C/C=C\C/C=C\C/C=C\CCCCCCCCCCCCCC(=O)NC(COC1OC(CO)C(O)C(O)C1O)C(O)/C=C/CC/C=C/CC/C=C/CCCCCCC. The summed E-state index contributed by atoms with van der Waals surface area (Å²) in [6.45, 7) is 3.61. The van der Waals surface area contributed by atoms with Crippen molar-refractivity contribution in [2.75, 3.05) is 13.2 Å². The zero-order chi connectivity index (χ0) is 51.5. The van der Waals surface area contributed by atoms with Crippen LogP contribution in [0.4, 0.5) is 0 Å². The van der Waals surface area contributed by atoms with E-state index in [2.05, 4.69) is 129 Å². The number of amides is 1. The molecule has 0 saturated carbocycles. The average molecular weight is 991 g/mol. The molecule has 0 aliphatic carbocycles. The number of aliphatic hydroxyl groups excluding tert-OH is 5. The zero-order valence-electron chi connectivity index (χ0n) is 44.7. The van der Waals surface area contributed by atoms with E-state index < -0.39 is 49.5 Å². The summed E-state index contributed by atoms with van der Waals surface area (Å²) in [5, 5.41) is 54.4. The second-order valence-electron chi connectivity index (χ2n) is 19.0. The van der Waals surface area contributed by atoms with Crippen molar-refractivity contribution in [1.29, 1.82) is 0 Å². The summed E-state index contributed by atoms with van der Waals surface area (Å²) in [4.78, 5) is 13.0. The Balaban J connectivity index is 2.22. The molecule has 1 aliphatic heterocycles. The lowest BCUT2D eigenvalue weighted by atomic mass is 9.99. The summed E-state index contributed by atoms with van der Waals surface area (Å²) < 4.78 is 11.2. The van der Waals surface area contributed by atoms with E-state index in [4.69, 9.17) is 9.47 Å². The smallest absolute Gasteiger partial charge is 0.220 e. The third kappa shape index (κ3) is 39.8. The summed E-state index contributed by atoms with van der Waals surface area (Å²) in [6.07, 6.45) is 68.3. The highest BCUT2D eigenvalue weighted by Gasteiger charge is 2.44.